The summed E-state index contributed by atoms with van der Waals surface area (Å²) in [6, 6.07) is 9.41. The van der Waals surface area contributed by atoms with E-state index in [1.807, 2.05) is 37.3 Å². The standard InChI is InChI=1S/C20H32O2Si/c1-15(2)19(22-23(7,8)20(4,5)6)16(3)14-18(21)17-12-10-9-11-13-17/h9-15,19H,1-8H3/b16-14+. The first-order valence-corrected chi connectivity index (χ1v) is 11.3. The Morgan fingerprint density at radius 1 is 1.13 bits per heavy atom. The molecule has 0 N–H and O–H groups in total. The maximum Gasteiger partial charge on any atom is 0.192 e. The molecule has 0 aromatic heterocycles. The fraction of sp³-hybridized carbons (Fsp3) is 0.550. The Morgan fingerprint density at radius 2 is 1.65 bits per heavy atom. The molecule has 1 atom stereocenters. The molecule has 0 amide bonds. The second-order valence-electron chi connectivity index (χ2n) is 8.16. The Morgan fingerprint density at radius 3 is 2.09 bits per heavy atom. The maximum absolute atomic E-state index is 12.4. The van der Waals surface area contributed by atoms with Gasteiger partial charge in [-0.15, -0.1) is 0 Å². The van der Waals surface area contributed by atoms with Gasteiger partial charge in [-0.1, -0.05) is 65.0 Å². The van der Waals surface area contributed by atoms with Crippen molar-refractivity contribution in [3.8, 4) is 0 Å². The van der Waals surface area contributed by atoms with Gasteiger partial charge in [-0.25, -0.2) is 0 Å². The van der Waals surface area contributed by atoms with Crippen LogP contribution in [0.3, 0.4) is 0 Å². The van der Waals surface area contributed by atoms with Crippen molar-refractivity contribution < 1.29 is 9.22 Å². The van der Waals surface area contributed by atoms with Crippen LogP contribution in [0, 0.1) is 5.92 Å². The first-order chi connectivity index (χ1) is 10.5. The number of ketones is 1. The minimum atomic E-state index is -1.88. The highest BCUT2D eigenvalue weighted by Crippen LogP contribution is 2.39. The van der Waals surface area contributed by atoms with Gasteiger partial charge in [0.05, 0.1) is 6.10 Å². The molecule has 1 unspecified atom stereocenters. The molecule has 0 saturated heterocycles. The lowest BCUT2D eigenvalue weighted by atomic mass is 9.98. The van der Waals surface area contributed by atoms with E-state index in [-0.39, 0.29) is 16.9 Å². The van der Waals surface area contributed by atoms with Gasteiger partial charge in [-0.2, -0.15) is 0 Å². The van der Waals surface area contributed by atoms with Crippen molar-refractivity contribution >= 4 is 14.1 Å². The largest absolute Gasteiger partial charge is 0.410 e. The van der Waals surface area contributed by atoms with Gasteiger partial charge in [0.25, 0.3) is 0 Å². The molecule has 0 aliphatic carbocycles. The van der Waals surface area contributed by atoms with Crippen molar-refractivity contribution in [2.45, 2.75) is 65.8 Å². The lowest BCUT2D eigenvalue weighted by Gasteiger charge is -2.40. The number of carbonyl (C=O) groups excluding carboxylic acids is 1. The van der Waals surface area contributed by atoms with E-state index >= 15 is 0 Å². The molecule has 23 heavy (non-hydrogen) atoms. The van der Waals surface area contributed by atoms with Crippen LogP contribution in [0.5, 0.6) is 0 Å². The first kappa shape index (κ1) is 19.9. The molecule has 2 nitrogen and oxygen atoms in total. The molecule has 0 aliphatic heterocycles. The first-order valence-electron chi connectivity index (χ1n) is 8.41. The van der Waals surface area contributed by atoms with Crippen LogP contribution in [0.2, 0.25) is 18.1 Å². The molecule has 0 heterocycles. The Labute approximate surface area is 143 Å². The van der Waals surface area contributed by atoms with Crippen LogP contribution in [-0.4, -0.2) is 20.2 Å². The van der Waals surface area contributed by atoms with E-state index in [4.69, 9.17) is 4.43 Å². The lowest BCUT2D eigenvalue weighted by Crippen LogP contribution is -2.45. The predicted octanol–water partition coefficient (Wildman–Crippen LogP) is 5.86. The summed E-state index contributed by atoms with van der Waals surface area (Å²) < 4.78 is 6.58. The van der Waals surface area contributed by atoms with Crippen molar-refractivity contribution in [3.63, 3.8) is 0 Å². The van der Waals surface area contributed by atoms with E-state index in [1.54, 1.807) is 6.08 Å². The monoisotopic (exact) mass is 332 g/mol. The van der Waals surface area contributed by atoms with Crippen LogP contribution in [0.4, 0.5) is 0 Å². The summed E-state index contributed by atoms with van der Waals surface area (Å²) in [6.07, 6.45) is 1.73. The Bertz CT molecular complexity index is 551. The summed E-state index contributed by atoms with van der Waals surface area (Å²) in [5, 5.41) is 0.157. The van der Waals surface area contributed by atoms with Crippen molar-refractivity contribution in [3.05, 3.63) is 47.5 Å². The van der Waals surface area contributed by atoms with Gasteiger partial charge >= 0.3 is 0 Å². The predicted molar refractivity (Wildman–Crippen MR) is 101 cm³/mol. The molecule has 3 heteroatoms. The molecule has 0 aliphatic rings. The fourth-order valence-electron chi connectivity index (χ4n) is 2.22. The number of benzene rings is 1. The summed E-state index contributed by atoms with van der Waals surface area (Å²) in [5.41, 5.74) is 1.74. The Kier molecular flexibility index (Phi) is 6.55. The van der Waals surface area contributed by atoms with Crippen LogP contribution in [0.15, 0.2) is 42.0 Å². The zero-order chi connectivity index (χ0) is 17.8. The van der Waals surface area contributed by atoms with Crippen molar-refractivity contribution in [1.29, 1.82) is 0 Å². The fourth-order valence-corrected chi connectivity index (χ4v) is 3.67. The average Bonchev–Trinajstić information content (AvgIpc) is 2.44. The van der Waals surface area contributed by atoms with Crippen molar-refractivity contribution in [2.75, 3.05) is 0 Å². The molecular formula is C20H32O2Si. The van der Waals surface area contributed by atoms with Crippen molar-refractivity contribution in [1.82, 2.24) is 0 Å². The van der Waals surface area contributed by atoms with E-state index < -0.39 is 8.32 Å². The summed E-state index contributed by atoms with van der Waals surface area (Å²) in [5.74, 6) is 0.386. The number of hydrogen-bond donors (Lipinski definition) is 0. The van der Waals surface area contributed by atoms with Crippen LogP contribution in [0.1, 0.15) is 51.9 Å². The van der Waals surface area contributed by atoms with Gasteiger partial charge in [0.2, 0.25) is 0 Å². The quantitative estimate of drug-likeness (QED) is 0.370. The van der Waals surface area contributed by atoms with Gasteiger partial charge in [0.15, 0.2) is 14.1 Å². The van der Waals surface area contributed by atoms with Crippen LogP contribution >= 0.6 is 0 Å². The topological polar surface area (TPSA) is 26.3 Å². The van der Waals surface area contributed by atoms with Gasteiger partial charge in [0, 0.05) is 5.56 Å². The third kappa shape index (κ3) is 5.43. The van der Waals surface area contributed by atoms with Gasteiger partial charge in [0.1, 0.15) is 0 Å². The van der Waals surface area contributed by atoms with Crippen LogP contribution in [-0.2, 0) is 4.43 Å². The number of carbonyl (C=O) groups is 1. The number of hydrogen-bond acceptors (Lipinski definition) is 2. The van der Waals surface area contributed by atoms with Gasteiger partial charge < -0.3 is 4.43 Å². The molecule has 0 bridgehead atoms. The Hall–Kier alpha value is -1.19. The van der Waals surface area contributed by atoms with E-state index in [2.05, 4.69) is 47.7 Å². The van der Waals surface area contributed by atoms with E-state index in [1.165, 1.54) is 0 Å². The average molecular weight is 333 g/mol. The third-order valence-electron chi connectivity index (χ3n) is 4.70. The molecule has 1 aromatic rings. The normalized spacial score (nSPS) is 14.9. The van der Waals surface area contributed by atoms with E-state index in [0.717, 1.165) is 11.1 Å². The molecule has 1 rings (SSSR count). The molecule has 1 aromatic carbocycles. The van der Waals surface area contributed by atoms with Crippen LogP contribution < -0.4 is 0 Å². The van der Waals surface area contributed by atoms with Crippen molar-refractivity contribution in [2.24, 2.45) is 5.92 Å². The zero-order valence-electron chi connectivity index (χ0n) is 15.9. The second kappa shape index (κ2) is 7.58. The summed E-state index contributed by atoms with van der Waals surface area (Å²) in [7, 11) is -1.88. The SMILES string of the molecule is C/C(=C\C(=O)c1ccccc1)C(O[Si](C)(C)C(C)(C)C)C(C)C. The second-order valence-corrected chi connectivity index (χ2v) is 12.9. The smallest absolute Gasteiger partial charge is 0.192 e. The summed E-state index contributed by atoms with van der Waals surface area (Å²) in [6.45, 7) is 17.6. The number of allylic oxidation sites excluding steroid dienone is 1. The summed E-state index contributed by atoms with van der Waals surface area (Å²) >= 11 is 0. The van der Waals surface area contributed by atoms with Crippen LogP contribution in [0.25, 0.3) is 0 Å². The molecular weight excluding hydrogens is 300 g/mol. The minimum absolute atomic E-state index is 0.0106. The lowest BCUT2D eigenvalue weighted by molar-refractivity contribution is 0.104. The van der Waals surface area contributed by atoms with E-state index in [9.17, 15) is 4.79 Å². The highest BCUT2D eigenvalue weighted by Gasteiger charge is 2.40. The molecule has 0 fully saturated rings. The molecule has 0 radical (unpaired) electrons. The molecule has 0 saturated carbocycles. The molecule has 128 valence electrons. The van der Waals surface area contributed by atoms with Gasteiger partial charge in [-0.3, -0.25) is 4.79 Å². The summed E-state index contributed by atoms with van der Waals surface area (Å²) in [4.78, 5) is 12.4. The molecule has 0 spiro atoms. The Balaban J connectivity index is 3.02. The highest BCUT2D eigenvalue weighted by molar-refractivity contribution is 6.74. The van der Waals surface area contributed by atoms with Gasteiger partial charge in [-0.05, 0) is 42.6 Å². The van der Waals surface area contributed by atoms with E-state index in [0.29, 0.717) is 5.92 Å². The highest BCUT2D eigenvalue weighted by atomic mass is 28.4. The number of rotatable bonds is 6. The third-order valence-corrected chi connectivity index (χ3v) is 9.15. The minimum Gasteiger partial charge on any atom is -0.410 e. The zero-order valence-corrected chi connectivity index (χ0v) is 16.9. The maximum atomic E-state index is 12.4.